The lowest BCUT2D eigenvalue weighted by Crippen LogP contribution is -2.36. The summed E-state index contributed by atoms with van der Waals surface area (Å²) in [5.41, 5.74) is 0. The zero-order chi connectivity index (χ0) is 9.84. The summed E-state index contributed by atoms with van der Waals surface area (Å²) in [4.78, 5) is 12.6. The summed E-state index contributed by atoms with van der Waals surface area (Å²) in [6.07, 6.45) is 4.88. The first-order chi connectivity index (χ1) is 6.11. The zero-order valence-corrected chi connectivity index (χ0v) is 8.63. The Morgan fingerprint density at radius 3 is 2.62 bits per heavy atom. The molecule has 76 valence electrons. The van der Waals surface area contributed by atoms with Crippen molar-refractivity contribution in [2.75, 3.05) is 13.6 Å². The molecule has 0 saturated heterocycles. The SMILES string of the molecule is CN(CC(Cl)C(=O)O)C1CCCC1. The number of hydrogen-bond donors (Lipinski definition) is 1. The van der Waals surface area contributed by atoms with Gasteiger partial charge in [0.2, 0.25) is 0 Å². The highest BCUT2D eigenvalue weighted by molar-refractivity contribution is 6.29. The summed E-state index contributed by atoms with van der Waals surface area (Å²) in [5, 5.41) is 7.84. The maximum atomic E-state index is 10.5. The summed E-state index contributed by atoms with van der Waals surface area (Å²) in [6, 6.07) is 0.542. The molecule has 0 spiro atoms. The molecule has 0 radical (unpaired) electrons. The van der Waals surface area contributed by atoms with Gasteiger partial charge in [-0.05, 0) is 19.9 Å². The Morgan fingerprint density at radius 1 is 1.62 bits per heavy atom. The van der Waals surface area contributed by atoms with E-state index in [2.05, 4.69) is 4.90 Å². The Bertz CT molecular complexity index is 180. The van der Waals surface area contributed by atoms with Crippen LogP contribution in [0.5, 0.6) is 0 Å². The minimum absolute atomic E-state index is 0.446. The monoisotopic (exact) mass is 205 g/mol. The normalized spacial score (nSPS) is 20.8. The zero-order valence-electron chi connectivity index (χ0n) is 7.87. The number of nitrogens with zero attached hydrogens (tertiary/aromatic N) is 1. The van der Waals surface area contributed by atoms with Gasteiger partial charge in [-0.3, -0.25) is 4.79 Å². The summed E-state index contributed by atoms with van der Waals surface area (Å²) in [6.45, 7) is 0.446. The fraction of sp³-hybridized carbons (Fsp3) is 0.889. The molecule has 0 bridgehead atoms. The van der Waals surface area contributed by atoms with Crippen molar-refractivity contribution in [1.29, 1.82) is 0 Å². The first-order valence-corrected chi connectivity index (χ1v) is 5.12. The molecule has 0 aromatic carbocycles. The Labute approximate surface area is 83.7 Å². The molecule has 1 saturated carbocycles. The molecule has 3 nitrogen and oxygen atoms in total. The molecular weight excluding hydrogens is 190 g/mol. The second kappa shape index (κ2) is 4.82. The summed E-state index contributed by atoms with van der Waals surface area (Å²) < 4.78 is 0. The van der Waals surface area contributed by atoms with Crippen molar-refractivity contribution in [1.82, 2.24) is 4.90 Å². The summed E-state index contributed by atoms with van der Waals surface area (Å²) >= 11 is 5.65. The third-order valence-corrected chi connectivity index (χ3v) is 2.99. The number of halogens is 1. The van der Waals surface area contributed by atoms with E-state index >= 15 is 0 Å². The van der Waals surface area contributed by atoms with E-state index in [9.17, 15) is 4.79 Å². The first kappa shape index (κ1) is 10.8. The molecular formula is C9H16ClNO2. The van der Waals surface area contributed by atoms with E-state index in [1.54, 1.807) is 0 Å². The van der Waals surface area contributed by atoms with Gasteiger partial charge in [0.1, 0.15) is 5.38 Å². The number of hydrogen-bond acceptors (Lipinski definition) is 2. The van der Waals surface area contributed by atoms with E-state index in [4.69, 9.17) is 16.7 Å². The quantitative estimate of drug-likeness (QED) is 0.709. The maximum Gasteiger partial charge on any atom is 0.322 e. The molecule has 0 amide bonds. The molecule has 0 aliphatic heterocycles. The molecule has 1 N–H and O–H groups in total. The van der Waals surface area contributed by atoms with Crippen LogP contribution in [0.25, 0.3) is 0 Å². The Morgan fingerprint density at radius 2 is 2.15 bits per heavy atom. The predicted molar refractivity (Wildman–Crippen MR) is 52.2 cm³/mol. The minimum atomic E-state index is -0.925. The summed E-state index contributed by atoms with van der Waals surface area (Å²) in [5.74, 6) is -0.925. The number of rotatable bonds is 4. The second-order valence-electron chi connectivity index (χ2n) is 3.68. The number of alkyl halides is 1. The van der Waals surface area contributed by atoms with Gasteiger partial charge in [0, 0.05) is 12.6 Å². The molecule has 4 heteroatoms. The fourth-order valence-electron chi connectivity index (χ4n) is 1.83. The number of carboxylic acids is 1. The van der Waals surface area contributed by atoms with Gasteiger partial charge in [-0.2, -0.15) is 0 Å². The molecule has 1 aliphatic carbocycles. The topological polar surface area (TPSA) is 40.5 Å². The molecule has 1 aliphatic rings. The van der Waals surface area contributed by atoms with E-state index < -0.39 is 11.3 Å². The van der Waals surface area contributed by atoms with Gasteiger partial charge in [0.05, 0.1) is 0 Å². The third kappa shape index (κ3) is 3.16. The molecule has 1 atom stereocenters. The van der Waals surface area contributed by atoms with E-state index in [0.717, 1.165) is 0 Å². The first-order valence-electron chi connectivity index (χ1n) is 4.68. The van der Waals surface area contributed by atoms with Crippen LogP contribution in [0.15, 0.2) is 0 Å². The van der Waals surface area contributed by atoms with E-state index in [1.807, 2.05) is 7.05 Å². The van der Waals surface area contributed by atoms with E-state index in [1.165, 1.54) is 25.7 Å². The highest BCUT2D eigenvalue weighted by Gasteiger charge is 2.23. The van der Waals surface area contributed by atoms with Crippen LogP contribution >= 0.6 is 11.6 Å². The second-order valence-corrected chi connectivity index (χ2v) is 4.21. The van der Waals surface area contributed by atoms with Crippen LogP contribution < -0.4 is 0 Å². The summed E-state index contributed by atoms with van der Waals surface area (Å²) in [7, 11) is 1.95. The van der Waals surface area contributed by atoms with Crippen LogP contribution in [-0.4, -0.2) is 41.0 Å². The lowest BCUT2D eigenvalue weighted by atomic mass is 10.2. The highest BCUT2D eigenvalue weighted by Crippen LogP contribution is 2.22. The molecule has 13 heavy (non-hydrogen) atoms. The van der Waals surface area contributed by atoms with Crippen molar-refractivity contribution in [2.24, 2.45) is 0 Å². The Kier molecular flexibility index (Phi) is 4.00. The Hall–Kier alpha value is -0.280. The van der Waals surface area contributed by atoms with Crippen molar-refractivity contribution < 1.29 is 9.90 Å². The van der Waals surface area contributed by atoms with Crippen LogP contribution in [0.2, 0.25) is 0 Å². The molecule has 1 unspecified atom stereocenters. The largest absolute Gasteiger partial charge is 0.480 e. The van der Waals surface area contributed by atoms with Crippen LogP contribution in [0.4, 0.5) is 0 Å². The van der Waals surface area contributed by atoms with Crippen LogP contribution in [0, 0.1) is 0 Å². The predicted octanol–water partition coefficient (Wildman–Crippen LogP) is 1.55. The van der Waals surface area contributed by atoms with Crippen molar-refractivity contribution in [3.63, 3.8) is 0 Å². The van der Waals surface area contributed by atoms with Gasteiger partial charge in [0.15, 0.2) is 0 Å². The van der Waals surface area contributed by atoms with Crippen LogP contribution in [-0.2, 0) is 4.79 Å². The van der Waals surface area contributed by atoms with Gasteiger partial charge >= 0.3 is 5.97 Å². The standard InChI is InChI=1S/C9H16ClNO2/c1-11(6-8(10)9(12)13)7-4-2-3-5-7/h7-8H,2-6H2,1H3,(H,12,13). The molecule has 1 rings (SSSR count). The average Bonchev–Trinajstić information content (AvgIpc) is 2.55. The number of carboxylic acid groups (broad SMARTS) is 1. The van der Waals surface area contributed by atoms with Crippen LogP contribution in [0.1, 0.15) is 25.7 Å². The van der Waals surface area contributed by atoms with Crippen molar-refractivity contribution in [3.05, 3.63) is 0 Å². The van der Waals surface area contributed by atoms with Gasteiger partial charge in [-0.15, -0.1) is 11.6 Å². The van der Waals surface area contributed by atoms with Crippen molar-refractivity contribution in [2.45, 2.75) is 37.1 Å². The minimum Gasteiger partial charge on any atom is -0.480 e. The number of aliphatic carboxylic acids is 1. The van der Waals surface area contributed by atoms with Gasteiger partial charge in [0.25, 0.3) is 0 Å². The van der Waals surface area contributed by atoms with E-state index in [0.29, 0.717) is 12.6 Å². The fourth-order valence-corrected chi connectivity index (χ4v) is 2.04. The van der Waals surface area contributed by atoms with Gasteiger partial charge < -0.3 is 10.0 Å². The van der Waals surface area contributed by atoms with E-state index in [-0.39, 0.29) is 0 Å². The molecule has 0 aromatic rings. The lowest BCUT2D eigenvalue weighted by Gasteiger charge is -2.24. The van der Waals surface area contributed by atoms with Gasteiger partial charge in [-0.25, -0.2) is 0 Å². The third-order valence-electron chi connectivity index (χ3n) is 2.66. The molecule has 0 aromatic heterocycles. The Balaban J connectivity index is 2.30. The average molecular weight is 206 g/mol. The maximum absolute atomic E-state index is 10.5. The van der Waals surface area contributed by atoms with Crippen molar-refractivity contribution in [3.8, 4) is 0 Å². The van der Waals surface area contributed by atoms with Gasteiger partial charge in [-0.1, -0.05) is 12.8 Å². The van der Waals surface area contributed by atoms with Crippen LogP contribution in [0.3, 0.4) is 0 Å². The number of carbonyl (C=O) groups is 1. The molecule has 1 fully saturated rings. The smallest absolute Gasteiger partial charge is 0.322 e. The lowest BCUT2D eigenvalue weighted by molar-refractivity contribution is -0.137. The molecule has 0 heterocycles. The highest BCUT2D eigenvalue weighted by atomic mass is 35.5. The van der Waals surface area contributed by atoms with Crippen molar-refractivity contribution >= 4 is 17.6 Å².